The van der Waals surface area contributed by atoms with E-state index in [2.05, 4.69) is 33.9 Å². The first-order valence-corrected chi connectivity index (χ1v) is 16.5. The van der Waals surface area contributed by atoms with Crippen molar-refractivity contribution in [3.8, 4) is 0 Å². The minimum atomic E-state index is -2.22. The number of likely N-dealkylation sites (tertiary alicyclic amines) is 1. The summed E-state index contributed by atoms with van der Waals surface area (Å²) in [5.74, 6) is -0.957. The number of rotatable bonds is 7. The van der Waals surface area contributed by atoms with Crippen molar-refractivity contribution >= 4 is 32.0 Å². The molecule has 1 fully saturated rings. The van der Waals surface area contributed by atoms with Gasteiger partial charge in [0.15, 0.2) is 8.32 Å². The monoisotopic (exact) mass is 559 g/mol. The Bertz CT molecular complexity index is 1120. The SMILES string of the molecule is CC(C)(C)OC(=O)N1C(Cc2ccc(C(=O)O)cc2)CC[C@@H]1[C@H](O[Si](C)(C)C(C)(C)C)c1ccc(Cl)cc1. The summed E-state index contributed by atoms with van der Waals surface area (Å²) in [7, 11) is -2.22. The van der Waals surface area contributed by atoms with Crippen molar-refractivity contribution in [2.45, 2.75) is 103 Å². The second kappa shape index (κ2) is 11.4. The van der Waals surface area contributed by atoms with Gasteiger partial charge in [0.25, 0.3) is 0 Å². The van der Waals surface area contributed by atoms with Crippen LogP contribution in [-0.4, -0.2) is 48.1 Å². The molecular formula is C30H42ClNO5Si. The topological polar surface area (TPSA) is 76.1 Å². The van der Waals surface area contributed by atoms with Crippen molar-refractivity contribution in [3.05, 3.63) is 70.2 Å². The zero-order valence-corrected chi connectivity index (χ0v) is 25.6. The number of hydrogen-bond donors (Lipinski definition) is 1. The highest BCUT2D eigenvalue weighted by Crippen LogP contribution is 2.44. The minimum Gasteiger partial charge on any atom is -0.478 e. The largest absolute Gasteiger partial charge is 0.478 e. The molecule has 38 heavy (non-hydrogen) atoms. The van der Waals surface area contributed by atoms with Crippen LogP contribution < -0.4 is 0 Å². The van der Waals surface area contributed by atoms with E-state index in [1.165, 1.54) is 0 Å². The molecule has 2 aromatic rings. The number of amides is 1. The van der Waals surface area contributed by atoms with Gasteiger partial charge in [-0.25, -0.2) is 9.59 Å². The lowest BCUT2D eigenvalue weighted by Crippen LogP contribution is -2.50. The first-order valence-electron chi connectivity index (χ1n) is 13.3. The van der Waals surface area contributed by atoms with E-state index >= 15 is 0 Å². The molecule has 1 saturated heterocycles. The molecular weight excluding hydrogens is 518 g/mol. The van der Waals surface area contributed by atoms with Crippen molar-refractivity contribution in [1.29, 1.82) is 0 Å². The standard InChI is InChI=1S/C30H42ClNO5Si/c1-29(2,3)36-28(35)32-24(19-20-9-11-22(12-10-20)27(33)34)17-18-25(32)26(21-13-15-23(31)16-14-21)37-38(7,8)30(4,5)6/h9-16,24-26H,17-19H2,1-8H3,(H,33,34)/t24?,25-,26-/m1/s1. The first-order chi connectivity index (χ1) is 17.5. The molecule has 1 amide bonds. The summed E-state index contributed by atoms with van der Waals surface area (Å²) in [4.78, 5) is 26.9. The van der Waals surface area contributed by atoms with Crippen LogP contribution in [0.25, 0.3) is 0 Å². The van der Waals surface area contributed by atoms with Gasteiger partial charge in [-0.3, -0.25) is 4.90 Å². The number of ether oxygens (including phenoxy) is 1. The summed E-state index contributed by atoms with van der Waals surface area (Å²) in [6.45, 7) is 16.7. The van der Waals surface area contributed by atoms with Gasteiger partial charge >= 0.3 is 12.1 Å². The summed E-state index contributed by atoms with van der Waals surface area (Å²) < 4.78 is 13.0. The van der Waals surface area contributed by atoms with Crippen LogP contribution in [0.5, 0.6) is 0 Å². The van der Waals surface area contributed by atoms with Gasteiger partial charge in [0.05, 0.1) is 17.7 Å². The smallest absolute Gasteiger partial charge is 0.410 e. The van der Waals surface area contributed by atoms with Crippen molar-refractivity contribution in [3.63, 3.8) is 0 Å². The maximum atomic E-state index is 13.7. The number of carboxylic acids is 1. The Hall–Kier alpha value is -2.35. The third-order valence-electron chi connectivity index (χ3n) is 7.60. The molecule has 0 aromatic heterocycles. The molecule has 1 unspecified atom stereocenters. The molecule has 3 atom stereocenters. The van der Waals surface area contributed by atoms with Crippen LogP contribution in [0.3, 0.4) is 0 Å². The van der Waals surface area contributed by atoms with Crippen molar-refractivity contribution in [2.75, 3.05) is 0 Å². The van der Waals surface area contributed by atoms with Gasteiger partial charge in [-0.15, -0.1) is 0 Å². The quantitative estimate of drug-likeness (QED) is 0.347. The highest BCUT2D eigenvalue weighted by atomic mass is 35.5. The normalized spacial score (nSPS) is 19.3. The second-order valence-electron chi connectivity index (χ2n) is 12.7. The van der Waals surface area contributed by atoms with Crippen molar-refractivity contribution in [1.82, 2.24) is 4.90 Å². The van der Waals surface area contributed by atoms with Crippen LogP contribution in [0.2, 0.25) is 23.2 Å². The molecule has 1 heterocycles. The maximum Gasteiger partial charge on any atom is 0.410 e. The lowest BCUT2D eigenvalue weighted by molar-refractivity contribution is -0.00239. The highest BCUT2D eigenvalue weighted by molar-refractivity contribution is 6.74. The van der Waals surface area contributed by atoms with Gasteiger partial charge in [-0.1, -0.05) is 56.6 Å². The van der Waals surface area contributed by atoms with Crippen LogP contribution >= 0.6 is 11.6 Å². The number of halogens is 1. The number of carbonyl (C=O) groups is 2. The maximum absolute atomic E-state index is 13.7. The van der Waals surface area contributed by atoms with E-state index in [9.17, 15) is 14.7 Å². The minimum absolute atomic E-state index is 0.0156. The predicted molar refractivity (Wildman–Crippen MR) is 154 cm³/mol. The molecule has 8 heteroatoms. The van der Waals surface area contributed by atoms with Gasteiger partial charge in [0.2, 0.25) is 0 Å². The van der Waals surface area contributed by atoms with E-state index < -0.39 is 19.9 Å². The average Bonchev–Trinajstić information content (AvgIpc) is 3.20. The number of nitrogens with zero attached hydrogens (tertiary/aromatic N) is 1. The summed E-state index contributed by atoms with van der Waals surface area (Å²) in [5.41, 5.74) is 1.56. The second-order valence-corrected chi connectivity index (χ2v) is 17.9. The van der Waals surface area contributed by atoms with Crippen LogP contribution in [0.1, 0.15) is 82.0 Å². The Morgan fingerprint density at radius 3 is 2.08 bits per heavy atom. The molecule has 6 nitrogen and oxygen atoms in total. The van der Waals surface area contributed by atoms with E-state index in [0.29, 0.717) is 11.4 Å². The van der Waals surface area contributed by atoms with Crippen LogP contribution in [0.4, 0.5) is 4.79 Å². The van der Waals surface area contributed by atoms with E-state index in [-0.39, 0.29) is 34.9 Å². The zero-order chi connectivity index (χ0) is 28.5. The molecule has 3 rings (SSSR count). The summed E-state index contributed by atoms with van der Waals surface area (Å²) in [5, 5.41) is 9.90. The molecule has 0 bridgehead atoms. The fourth-order valence-corrected chi connectivity index (χ4v) is 5.99. The molecule has 0 aliphatic carbocycles. The number of hydrogen-bond acceptors (Lipinski definition) is 4. The molecule has 0 saturated carbocycles. The molecule has 1 aliphatic rings. The average molecular weight is 560 g/mol. The lowest BCUT2D eigenvalue weighted by Gasteiger charge is -2.43. The molecule has 2 aromatic carbocycles. The summed E-state index contributed by atoms with van der Waals surface area (Å²) >= 11 is 6.22. The van der Waals surface area contributed by atoms with E-state index in [1.54, 1.807) is 12.1 Å². The molecule has 1 aliphatic heterocycles. The summed E-state index contributed by atoms with van der Waals surface area (Å²) in [6.07, 6.45) is 1.46. The van der Waals surface area contributed by atoms with E-state index in [1.807, 2.05) is 62.1 Å². The molecule has 0 radical (unpaired) electrons. The predicted octanol–water partition coefficient (Wildman–Crippen LogP) is 8.11. The number of benzene rings is 2. The third kappa shape index (κ3) is 7.39. The van der Waals surface area contributed by atoms with E-state index in [0.717, 1.165) is 24.0 Å². The fourth-order valence-electron chi connectivity index (χ4n) is 4.58. The van der Waals surface area contributed by atoms with Crippen LogP contribution in [-0.2, 0) is 15.6 Å². The van der Waals surface area contributed by atoms with Crippen molar-refractivity contribution in [2.24, 2.45) is 0 Å². The Morgan fingerprint density at radius 2 is 1.58 bits per heavy atom. The Kier molecular flexibility index (Phi) is 9.06. The van der Waals surface area contributed by atoms with Gasteiger partial charge in [0, 0.05) is 11.1 Å². The molecule has 0 spiro atoms. The Balaban J connectivity index is 2.01. The lowest BCUT2D eigenvalue weighted by atomic mass is 10.0. The number of carbonyl (C=O) groups excluding carboxylic acids is 1. The van der Waals surface area contributed by atoms with Gasteiger partial charge in [-0.2, -0.15) is 0 Å². The molecule has 1 N–H and O–H groups in total. The van der Waals surface area contributed by atoms with Gasteiger partial charge < -0.3 is 14.3 Å². The Labute approximate surface area is 233 Å². The molecule has 208 valence electrons. The fraction of sp³-hybridized carbons (Fsp3) is 0.533. The van der Waals surface area contributed by atoms with Gasteiger partial charge in [0.1, 0.15) is 5.60 Å². The summed E-state index contributed by atoms with van der Waals surface area (Å²) in [6, 6.07) is 14.3. The van der Waals surface area contributed by atoms with Crippen LogP contribution in [0.15, 0.2) is 48.5 Å². The van der Waals surface area contributed by atoms with Gasteiger partial charge in [-0.05, 0) is 93.6 Å². The zero-order valence-electron chi connectivity index (χ0n) is 23.9. The third-order valence-corrected chi connectivity index (χ3v) is 12.3. The Morgan fingerprint density at radius 1 is 1.00 bits per heavy atom. The van der Waals surface area contributed by atoms with Crippen molar-refractivity contribution < 1.29 is 23.9 Å². The highest BCUT2D eigenvalue weighted by Gasteiger charge is 2.47. The number of carboxylic acid groups (broad SMARTS) is 1. The van der Waals surface area contributed by atoms with Crippen LogP contribution in [0, 0.1) is 0 Å². The number of aromatic carboxylic acids is 1. The first kappa shape index (κ1) is 30.2. The van der Waals surface area contributed by atoms with E-state index in [4.69, 9.17) is 20.8 Å².